The lowest BCUT2D eigenvalue weighted by Crippen LogP contribution is -2.22. The molecule has 170 valence electrons. The maximum Gasteiger partial charge on any atom is 0.291 e. The number of hydrogen-bond acceptors (Lipinski definition) is 5. The number of anilines is 1. The first-order valence-electron chi connectivity index (χ1n) is 10.6. The van der Waals surface area contributed by atoms with Crippen LogP contribution in [0.5, 0.6) is 5.75 Å². The van der Waals surface area contributed by atoms with Crippen LogP contribution in [0.3, 0.4) is 0 Å². The van der Waals surface area contributed by atoms with E-state index in [1.165, 1.54) is 7.11 Å². The van der Waals surface area contributed by atoms with Crippen molar-refractivity contribution in [3.05, 3.63) is 81.3 Å². The molecule has 8 heteroatoms. The fraction of sp³-hybridized carbons (Fsp3) is 0.240. The van der Waals surface area contributed by atoms with E-state index in [1.54, 1.807) is 42.5 Å². The molecule has 3 aromatic rings. The van der Waals surface area contributed by atoms with Gasteiger partial charge < -0.3 is 14.5 Å². The molecule has 4 rings (SSSR count). The highest BCUT2D eigenvalue weighted by Crippen LogP contribution is 2.31. The molecule has 0 fully saturated rings. The summed E-state index contributed by atoms with van der Waals surface area (Å²) >= 11 is 6.17. The van der Waals surface area contributed by atoms with Crippen molar-refractivity contribution in [2.24, 2.45) is 5.10 Å². The molecule has 0 aliphatic heterocycles. The van der Waals surface area contributed by atoms with Gasteiger partial charge in [-0.1, -0.05) is 29.8 Å². The number of hydrogen-bond donors (Lipinski definition) is 2. The second kappa shape index (κ2) is 9.50. The molecule has 33 heavy (non-hydrogen) atoms. The molecule has 1 heterocycles. The van der Waals surface area contributed by atoms with Gasteiger partial charge in [0.05, 0.1) is 18.4 Å². The Hall–Kier alpha value is -3.58. The van der Waals surface area contributed by atoms with E-state index in [0.717, 1.165) is 17.5 Å². The van der Waals surface area contributed by atoms with Crippen LogP contribution >= 0.6 is 11.6 Å². The number of nitrogens with one attached hydrogen (secondary N) is 2. The Kier molecular flexibility index (Phi) is 6.51. The van der Waals surface area contributed by atoms with Crippen molar-refractivity contribution in [1.82, 2.24) is 5.43 Å². The molecule has 1 aliphatic rings. The van der Waals surface area contributed by atoms with Crippen LogP contribution in [0.25, 0.3) is 0 Å². The molecular formula is C25H24ClN3O4. The second-order valence-electron chi connectivity index (χ2n) is 7.77. The van der Waals surface area contributed by atoms with Gasteiger partial charge in [-0.05, 0) is 56.5 Å². The van der Waals surface area contributed by atoms with Crippen LogP contribution in [-0.2, 0) is 6.42 Å². The van der Waals surface area contributed by atoms with Crippen molar-refractivity contribution < 1.29 is 18.7 Å². The highest BCUT2D eigenvalue weighted by molar-refractivity contribution is 6.31. The molecule has 0 unspecified atom stereocenters. The van der Waals surface area contributed by atoms with Crippen LogP contribution in [0, 0.1) is 13.8 Å². The smallest absolute Gasteiger partial charge is 0.291 e. The van der Waals surface area contributed by atoms with Crippen molar-refractivity contribution in [1.29, 1.82) is 0 Å². The number of methoxy groups -OCH3 is 1. The van der Waals surface area contributed by atoms with Crippen LogP contribution in [0.15, 0.2) is 52.0 Å². The average molecular weight is 466 g/mol. The maximum atomic E-state index is 13.0. The fourth-order valence-electron chi connectivity index (χ4n) is 3.93. The predicted molar refractivity (Wildman–Crippen MR) is 128 cm³/mol. The third-order valence-corrected chi connectivity index (χ3v) is 6.10. The number of nitrogens with zero attached hydrogens (tertiary/aromatic N) is 1. The second-order valence-corrected chi connectivity index (χ2v) is 8.18. The number of carbonyl (C=O) groups excluding carboxylic acids is 2. The first-order chi connectivity index (χ1) is 15.9. The Morgan fingerprint density at radius 3 is 2.61 bits per heavy atom. The number of hydrazone groups is 1. The summed E-state index contributed by atoms with van der Waals surface area (Å²) in [5.41, 5.74) is 6.55. The Morgan fingerprint density at radius 1 is 1.03 bits per heavy atom. The van der Waals surface area contributed by atoms with Gasteiger partial charge in [0.2, 0.25) is 0 Å². The number of furan rings is 1. The van der Waals surface area contributed by atoms with Crippen LogP contribution in [0.2, 0.25) is 5.02 Å². The fourth-order valence-corrected chi connectivity index (χ4v) is 4.10. The average Bonchev–Trinajstić information content (AvgIpc) is 3.17. The Bertz CT molecular complexity index is 1260. The summed E-state index contributed by atoms with van der Waals surface area (Å²) < 4.78 is 11.2. The van der Waals surface area contributed by atoms with Gasteiger partial charge in [-0.2, -0.15) is 5.10 Å². The van der Waals surface area contributed by atoms with Gasteiger partial charge in [-0.3, -0.25) is 9.59 Å². The molecule has 0 bridgehead atoms. The summed E-state index contributed by atoms with van der Waals surface area (Å²) in [5, 5.41) is 7.82. The summed E-state index contributed by atoms with van der Waals surface area (Å²) in [5.74, 6) is 0.656. The Labute approximate surface area is 196 Å². The minimum atomic E-state index is -0.373. The predicted octanol–water partition coefficient (Wildman–Crippen LogP) is 5.28. The zero-order valence-corrected chi connectivity index (χ0v) is 19.4. The summed E-state index contributed by atoms with van der Waals surface area (Å²) in [4.78, 5) is 25.6. The van der Waals surface area contributed by atoms with Gasteiger partial charge in [0.15, 0.2) is 5.76 Å². The zero-order valence-electron chi connectivity index (χ0n) is 18.6. The van der Waals surface area contributed by atoms with Crippen molar-refractivity contribution >= 4 is 34.8 Å². The van der Waals surface area contributed by atoms with Gasteiger partial charge in [0.25, 0.3) is 11.8 Å². The minimum absolute atomic E-state index is 0.227. The zero-order chi connectivity index (χ0) is 23.5. The highest BCUT2D eigenvalue weighted by Gasteiger charge is 2.28. The molecular weight excluding hydrogens is 442 g/mol. The lowest BCUT2D eigenvalue weighted by atomic mass is 9.93. The number of fused-ring (bicyclic) bond motifs is 1. The molecule has 2 amide bonds. The summed E-state index contributed by atoms with van der Waals surface area (Å²) in [7, 11) is 1.51. The molecule has 0 spiro atoms. The van der Waals surface area contributed by atoms with Gasteiger partial charge in [0.1, 0.15) is 11.5 Å². The van der Waals surface area contributed by atoms with Gasteiger partial charge in [-0.25, -0.2) is 5.43 Å². The number of amides is 2. The first-order valence-corrected chi connectivity index (χ1v) is 11.0. The number of halogens is 1. The molecule has 0 radical (unpaired) electrons. The minimum Gasteiger partial charge on any atom is -0.496 e. The molecule has 0 saturated heterocycles. The molecule has 2 N–H and O–H groups in total. The van der Waals surface area contributed by atoms with Gasteiger partial charge >= 0.3 is 0 Å². The van der Waals surface area contributed by atoms with E-state index in [4.69, 9.17) is 20.8 Å². The SMILES string of the molecule is COc1ccccc1C(=O)N/N=C1\CCCc2oc(C(=O)Nc3cccc(Cl)c3C)c(C)c21. The van der Waals surface area contributed by atoms with Crippen LogP contribution in [-0.4, -0.2) is 24.6 Å². The normalized spacial score (nSPS) is 14.0. The van der Waals surface area contributed by atoms with Crippen LogP contribution < -0.4 is 15.5 Å². The number of benzene rings is 2. The van der Waals surface area contributed by atoms with E-state index in [-0.39, 0.29) is 17.6 Å². The Morgan fingerprint density at radius 2 is 1.82 bits per heavy atom. The van der Waals surface area contributed by atoms with Crippen molar-refractivity contribution in [3.63, 3.8) is 0 Å². The highest BCUT2D eigenvalue weighted by atomic mass is 35.5. The monoisotopic (exact) mass is 465 g/mol. The maximum absolute atomic E-state index is 13.0. The lowest BCUT2D eigenvalue weighted by molar-refractivity contribution is 0.0950. The first kappa shape index (κ1) is 22.6. The lowest BCUT2D eigenvalue weighted by Gasteiger charge is -2.14. The van der Waals surface area contributed by atoms with E-state index >= 15 is 0 Å². The van der Waals surface area contributed by atoms with E-state index < -0.39 is 0 Å². The largest absolute Gasteiger partial charge is 0.496 e. The van der Waals surface area contributed by atoms with Crippen molar-refractivity contribution in [3.8, 4) is 5.75 Å². The quantitative estimate of drug-likeness (QED) is 0.501. The van der Waals surface area contributed by atoms with Crippen LogP contribution in [0.1, 0.15) is 56.2 Å². The molecule has 0 atom stereocenters. The third-order valence-electron chi connectivity index (χ3n) is 5.69. The Balaban J connectivity index is 1.59. The number of carbonyl (C=O) groups is 2. The standard InChI is InChI=1S/C25H24ClN3O4/c1-14-17(26)9-6-10-18(14)27-25(31)23-15(2)22-19(11-7-13-21(22)33-23)28-29-24(30)16-8-4-5-12-20(16)32-3/h4-6,8-10,12H,7,11,13H2,1-3H3,(H,27,31)(H,29,30)/b28-19+. The van der Waals surface area contributed by atoms with E-state index in [9.17, 15) is 9.59 Å². The molecule has 2 aromatic carbocycles. The molecule has 1 aliphatic carbocycles. The molecule has 0 saturated carbocycles. The van der Waals surface area contributed by atoms with Crippen LogP contribution in [0.4, 0.5) is 5.69 Å². The van der Waals surface area contributed by atoms with Crippen molar-refractivity contribution in [2.45, 2.75) is 33.1 Å². The number of ether oxygens (including phenoxy) is 1. The van der Waals surface area contributed by atoms with E-state index in [2.05, 4.69) is 15.8 Å². The summed E-state index contributed by atoms with van der Waals surface area (Å²) in [6, 6.07) is 12.3. The number of rotatable bonds is 5. The van der Waals surface area contributed by atoms with Gasteiger partial charge in [-0.15, -0.1) is 0 Å². The van der Waals surface area contributed by atoms with Gasteiger partial charge in [0, 0.05) is 28.3 Å². The molecule has 1 aromatic heterocycles. The summed E-state index contributed by atoms with van der Waals surface area (Å²) in [6.45, 7) is 3.66. The number of para-hydroxylation sites is 1. The number of aryl methyl sites for hydroxylation is 1. The molecule has 7 nitrogen and oxygen atoms in total. The van der Waals surface area contributed by atoms with E-state index in [1.807, 2.05) is 13.8 Å². The third kappa shape index (κ3) is 4.50. The summed E-state index contributed by atoms with van der Waals surface area (Å²) in [6.07, 6.45) is 2.16. The van der Waals surface area contributed by atoms with E-state index in [0.29, 0.717) is 51.9 Å². The van der Waals surface area contributed by atoms with Crippen molar-refractivity contribution in [2.75, 3.05) is 12.4 Å². The topological polar surface area (TPSA) is 92.9 Å².